The van der Waals surface area contributed by atoms with E-state index in [1.54, 1.807) is 24.3 Å². The lowest BCUT2D eigenvalue weighted by atomic mass is 9.93. The number of nitrogens with zero attached hydrogens (tertiary/aromatic N) is 2. The quantitative estimate of drug-likeness (QED) is 0.220. The molecule has 1 amide bonds. The van der Waals surface area contributed by atoms with Crippen molar-refractivity contribution in [3.05, 3.63) is 64.2 Å². The van der Waals surface area contributed by atoms with Crippen LogP contribution < -0.4 is 9.47 Å². The molecule has 1 saturated heterocycles. The Morgan fingerprint density at radius 3 is 2.41 bits per heavy atom. The third kappa shape index (κ3) is 4.97. The smallest absolute Gasteiger partial charge is 0.308 e. The Kier molecular flexibility index (Phi) is 7.41. The highest BCUT2D eigenvalue weighted by Crippen LogP contribution is 2.42. The van der Waals surface area contributed by atoms with Crippen molar-refractivity contribution < 1.29 is 29.0 Å². The van der Waals surface area contributed by atoms with E-state index in [4.69, 9.17) is 9.47 Å². The van der Waals surface area contributed by atoms with Gasteiger partial charge in [-0.25, -0.2) is 0 Å². The van der Waals surface area contributed by atoms with Crippen LogP contribution in [0.1, 0.15) is 35.2 Å². The first kappa shape index (κ1) is 25.0. The number of rotatable bonds is 7. The van der Waals surface area contributed by atoms with Gasteiger partial charge in [0, 0.05) is 25.6 Å². The lowest BCUT2D eigenvalue weighted by Gasteiger charge is -2.27. The summed E-state index contributed by atoms with van der Waals surface area (Å²) in [7, 11) is 5.19. The number of aryl methyl sites for hydroxylation is 2. The third-order valence-electron chi connectivity index (χ3n) is 5.73. The van der Waals surface area contributed by atoms with Crippen LogP contribution in [0, 0.1) is 13.8 Å². The van der Waals surface area contributed by atoms with Crippen molar-refractivity contribution in [2.75, 3.05) is 34.3 Å². The molecule has 1 atom stereocenters. The molecule has 1 fully saturated rings. The molecular formula is C26H30N2O6. The zero-order chi connectivity index (χ0) is 25.2. The number of ketones is 1. The normalized spacial score (nSPS) is 17.4. The van der Waals surface area contributed by atoms with E-state index >= 15 is 0 Å². The van der Waals surface area contributed by atoms with E-state index in [9.17, 15) is 19.5 Å². The van der Waals surface area contributed by atoms with Gasteiger partial charge >= 0.3 is 5.97 Å². The van der Waals surface area contributed by atoms with Gasteiger partial charge in [-0.05, 0) is 57.3 Å². The van der Waals surface area contributed by atoms with Crippen LogP contribution in [0.15, 0.2) is 42.0 Å². The molecule has 2 aromatic carbocycles. The SMILES string of the molecule is COc1ccc(C2/C(=C(\O)c3cc(C)ccc3C)C(=O)C(=O)N2CCN(C)C)cc1OC(C)=O. The maximum absolute atomic E-state index is 13.2. The maximum atomic E-state index is 13.2. The summed E-state index contributed by atoms with van der Waals surface area (Å²) in [5.74, 6) is -1.72. The Morgan fingerprint density at radius 1 is 1.09 bits per heavy atom. The van der Waals surface area contributed by atoms with Gasteiger partial charge in [-0.3, -0.25) is 14.4 Å². The maximum Gasteiger partial charge on any atom is 0.308 e. The summed E-state index contributed by atoms with van der Waals surface area (Å²) in [6.07, 6.45) is 0. The minimum absolute atomic E-state index is 0.00334. The first-order valence-corrected chi connectivity index (χ1v) is 10.9. The molecule has 0 spiro atoms. The highest BCUT2D eigenvalue weighted by atomic mass is 16.6. The number of ether oxygens (including phenoxy) is 2. The predicted molar refractivity (Wildman–Crippen MR) is 128 cm³/mol. The van der Waals surface area contributed by atoms with Crippen LogP contribution in [0.2, 0.25) is 0 Å². The van der Waals surface area contributed by atoms with Gasteiger partial charge in [-0.1, -0.05) is 23.8 Å². The van der Waals surface area contributed by atoms with Crippen LogP contribution >= 0.6 is 0 Å². The Balaban J connectivity index is 2.24. The number of likely N-dealkylation sites (tertiary alicyclic amines) is 1. The average molecular weight is 467 g/mol. The van der Waals surface area contributed by atoms with Gasteiger partial charge < -0.3 is 24.4 Å². The van der Waals surface area contributed by atoms with E-state index in [0.29, 0.717) is 23.4 Å². The zero-order valence-corrected chi connectivity index (χ0v) is 20.3. The van der Waals surface area contributed by atoms with Gasteiger partial charge in [0.05, 0.1) is 18.7 Å². The van der Waals surface area contributed by atoms with Gasteiger partial charge in [0.15, 0.2) is 11.5 Å². The molecule has 1 aliphatic heterocycles. The number of aliphatic hydroxyl groups excluding tert-OH is 1. The number of amides is 1. The lowest BCUT2D eigenvalue weighted by Crippen LogP contribution is -2.35. The minimum Gasteiger partial charge on any atom is -0.507 e. The van der Waals surface area contributed by atoms with Gasteiger partial charge in [-0.2, -0.15) is 0 Å². The van der Waals surface area contributed by atoms with E-state index in [1.807, 2.05) is 45.0 Å². The van der Waals surface area contributed by atoms with Gasteiger partial charge in [0.25, 0.3) is 11.7 Å². The summed E-state index contributed by atoms with van der Waals surface area (Å²) in [5.41, 5.74) is 2.69. The highest BCUT2D eigenvalue weighted by molar-refractivity contribution is 6.46. The van der Waals surface area contributed by atoms with Gasteiger partial charge in [0.2, 0.25) is 0 Å². The fourth-order valence-corrected chi connectivity index (χ4v) is 4.00. The number of likely N-dealkylation sites (N-methyl/N-ethyl adjacent to an activating group) is 1. The number of Topliss-reactive ketones (excluding diaryl/α,β-unsaturated/α-hetero) is 1. The molecule has 1 aliphatic rings. The van der Waals surface area contributed by atoms with Gasteiger partial charge in [-0.15, -0.1) is 0 Å². The lowest BCUT2D eigenvalue weighted by molar-refractivity contribution is -0.140. The molecule has 2 aromatic rings. The zero-order valence-electron chi connectivity index (χ0n) is 20.3. The van der Waals surface area contributed by atoms with Gasteiger partial charge in [0.1, 0.15) is 5.76 Å². The predicted octanol–water partition coefficient (Wildman–Crippen LogP) is 3.22. The number of carbonyl (C=O) groups excluding carboxylic acids is 3. The third-order valence-corrected chi connectivity index (χ3v) is 5.73. The number of esters is 1. The van der Waals surface area contributed by atoms with E-state index < -0.39 is 23.7 Å². The second kappa shape index (κ2) is 10.1. The van der Waals surface area contributed by atoms with Crippen LogP contribution in [-0.2, 0) is 14.4 Å². The summed E-state index contributed by atoms with van der Waals surface area (Å²) in [6.45, 7) is 5.77. The van der Waals surface area contributed by atoms with Crippen molar-refractivity contribution in [2.45, 2.75) is 26.8 Å². The molecule has 1 N–H and O–H groups in total. The van der Waals surface area contributed by atoms with Crippen molar-refractivity contribution in [3.63, 3.8) is 0 Å². The summed E-state index contributed by atoms with van der Waals surface area (Å²) in [4.78, 5) is 41.3. The van der Waals surface area contributed by atoms with Crippen molar-refractivity contribution in [1.82, 2.24) is 9.80 Å². The van der Waals surface area contributed by atoms with Crippen LogP contribution in [0.25, 0.3) is 5.76 Å². The summed E-state index contributed by atoms with van der Waals surface area (Å²) < 4.78 is 10.6. The molecule has 0 radical (unpaired) electrons. The van der Waals surface area contributed by atoms with E-state index in [-0.39, 0.29) is 23.6 Å². The van der Waals surface area contributed by atoms with Crippen molar-refractivity contribution in [1.29, 1.82) is 0 Å². The van der Waals surface area contributed by atoms with Crippen LogP contribution in [0.4, 0.5) is 0 Å². The number of aliphatic hydroxyl groups is 1. The summed E-state index contributed by atoms with van der Waals surface area (Å²) >= 11 is 0. The molecule has 180 valence electrons. The number of hydrogen-bond donors (Lipinski definition) is 1. The molecule has 0 bridgehead atoms. The molecule has 3 rings (SSSR count). The second-order valence-electron chi connectivity index (χ2n) is 8.62. The van der Waals surface area contributed by atoms with Crippen molar-refractivity contribution in [3.8, 4) is 11.5 Å². The number of carbonyl (C=O) groups is 3. The standard InChI is InChI=1S/C26H30N2O6/c1-15-7-8-16(2)19(13-15)24(30)22-23(28(12-11-27(4)5)26(32)25(22)31)18-9-10-20(33-6)21(14-18)34-17(3)29/h7-10,13-14,23,30H,11-12H2,1-6H3/b24-22+. The first-order valence-electron chi connectivity index (χ1n) is 10.9. The largest absolute Gasteiger partial charge is 0.507 e. The average Bonchev–Trinajstić information content (AvgIpc) is 3.03. The minimum atomic E-state index is -0.861. The fraction of sp³-hybridized carbons (Fsp3) is 0.346. The first-order chi connectivity index (χ1) is 16.0. The molecule has 8 nitrogen and oxygen atoms in total. The van der Waals surface area contributed by atoms with Crippen LogP contribution in [0.3, 0.4) is 0 Å². The van der Waals surface area contributed by atoms with E-state index in [2.05, 4.69) is 0 Å². The van der Waals surface area contributed by atoms with E-state index in [0.717, 1.165) is 11.1 Å². The monoisotopic (exact) mass is 466 g/mol. The number of hydrogen-bond acceptors (Lipinski definition) is 7. The molecule has 0 aliphatic carbocycles. The molecule has 1 heterocycles. The molecule has 0 saturated carbocycles. The molecular weight excluding hydrogens is 436 g/mol. The van der Waals surface area contributed by atoms with Crippen LogP contribution in [0.5, 0.6) is 11.5 Å². The highest BCUT2D eigenvalue weighted by Gasteiger charge is 2.46. The van der Waals surface area contributed by atoms with E-state index in [1.165, 1.54) is 18.9 Å². The topological polar surface area (TPSA) is 96.4 Å². The Morgan fingerprint density at radius 2 is 1.79 bits per heavy atom. The molecule has 8 heteroatoms. The number of methoxy groups -OCH3 is 1. The molecule has 34 heavy (non-hydrogen) atoms. The molecule has 0 aromatic heterocycles. The summed E-state index contributed by atoms with van der Waals surface area (Å²) in [6, 6.07) is 9.56. The van der Waals surface area contributed by atoms with Crippen molar-refractivity contribution in [2.24, 2.45) is 0 Å². The van der Waals surface area contributed by atoms with Crippen molar-refractivity contribution >= 4 is 23.4 Å². The Labute approximate surface area is 199 Å². The van der Waals surface area contributed by atoms with Crippen LogP contribution in [-0.4, -0.2) is 66.9 Å². The fourth-order valence-electron chi connectivity index (χ4n) is 4.00. The summed E-state index contributed by atoms with van der Waals surface area (Å²) in [5, 5.41) is 11.3. The molecule has 1 unspecified atom stereocenters. The Hall–Kier alpha value is -3.65. The second-order valence-corrected chi connectivity index (χ2v) is 8.62. The number of benzene rings is 2. The Bertz CT molecular complexity index is 1170.